The van der Waals surface area contributed by atoms with Gasteiger partial charge in [0.15, 0.2) is 0 Å². The van der Waals surface area contributed by atoms with Gasteiger partial charge >= 0.3 is 0 Å². The Morgan fingerprint density at radius 2 is 2.10 bits per heavy atom. The second kappa shape index (κ2) is 7.67. The zero-order chi connectivity index (χ0) is 14.4. The molecule has 1 aliphatic rings. The van der Waals surface area contributed by atoms with Gasteiger partial charge in [-0.1, -0.05) is 25.1 Å². The van der Waals surface area contributed by atoms with Crippen LogP contribution in [0.5, 0.6) is 0 Å². The summed E-state index contributed by atoms with van der Waals surface area (Å²) in [6.07, 6.45) is 0. The lowest BCUT2D eigenvalue weighted by Gasteiger charge is -2.27. The second-order valence-electron chi connectivity index (χ2n) is 5.17. The quantitative estimate of drug-likeness (QED) is 0.868. The molecule has 0 radical (unpaired) electrons. The zero-order valence-corrected chi connectivity index (χ0v) is 12.8. The van der Waals surface area contributed by atoms with Gasteiger partial charge in [-0.2, -0.15) is 11.8 Å². The predicted octanol–water partition coefficient (Wildman–Crippen LogP) is 1.77. The molecule has 2 rings (SSSR count). The van der Waals surface area contributed by atoms with E-state index in [1.54, 1.807) is 0 Å². The largest absolute Gasteiger partial charge is 0.330 e. The van der Waals surface area contributed by atoms with Crippen molar-refractivity contribution < 1.29 is 4.79 Å². The van der Waals surface area contributed by atoms with E-state index in [1.165, 1.54) is 17.1 Å². The lowest BCUT2D eigenvalue weighted by molar-refractivity contribution is -0.119. The molecule has 1 aromatic carbocycles. The first-order chi connectivity index (χ1) is 9.70. The molecule has 0 bridgehead atoms. The summed E-state index contributed by atoms with van der Waals surface area (Å²) >= 11 is 2.01. The molecule has 1 heterocycles. The van der Waals surface area contributed by atoms with Crippen LogP contribution >= 0.6 is 11.8 Å². The Kier molecular flexibility index (Phi) is 5.88. The van der Waals surface area contributed by atoms with Crippen molar-refractivity contribution >= 4 is 23.4 Å². The van der Waals surface area contributed by atoms with E-state index in [-0.39, 0.29) is 11.8 Å². The lowest BCUT2D eigenvalue weighted by Crippen LogP contribution is -2.32. The number of hydrogen-bond acceptors (Lipinski definition) is 4. The van der Waals surface area contributed by atoms with Crippen molar-refractivity contribution in [3.8, 4) is 0 Å². The van der Waals surface area contributed by atoms with Crippen molar-refractivity contribution in [3.63, 3.8) is 0 Å². The Balaban J connectivity index is 2.03. The summed E-state index contributed by atoms with van der Waals surface area (Å²) in [5.74, 6) is 2.22. The normalized spacial score (nSPS) is 17.7. The van der Waals surface area contributed by atoms with Crippen LogP contribution in [0.2, 0.25) is 0 Å². The molecule has 0 spiro atoms. The van der Waals surface area contributed by atoms with E-state index in [9.17, 15) is 4.79 Å². The predicted molar refractivity (Wildman–Crippen MR) is 85.9 cm³/mol. The zero-order valence-electron chi connectivity index (χ0n) is 12.0. The highest BCUT2D eigenvalue weighted by Crippen LogP contribution is 2.20. The smallest absolute Gasteiger partial charge is 0.228 e. The molecule has 20 heavy (non-hydrogen) atoms. The molecule has 0 aliphatic carbocycles. The monoisotopic (exact) mass is 293 g/mol. The molecule has 0 aromatic heterocycles. The summed E-state index contributed by atoms with van der Waals surface area (Å²) in [5, 5.41) is 3.00. The van der Waals surface area contributed by atoms with E-state index in [4.69, 9.17) is 5.73 Å². The van der Waals surface area contributed by atoms with Gasteiger partial charge in [0, 0.05) is 49.3 Å². The summed E-state index contributed by atoms with van der Waals surface area (Å²) in [5.41, 5.74) is 7.63. The van der Waals surface area contributed by atoms with Gasteiger partial charge in [-0.05, 0) is 11.6 Å². The molecule has 1 aliphatic heterocycles. The minimum absolute atomic E-state index is 0.00542. The number of benzene rings is 1. The van der Waals surface area contributed by atoms with Crippen LogP contribution in [0.3, 0.4) is 0 Å². The van der Waals surface area contributed by atoms with Crippen LogP contribution < -0.4 is 11.1 Å². The molecule has 4 nitrogen and oxygen atoms in total. The first-order valence-electron chi connectivity index (χ1n) is 7.09. The third-order valence-electron chi connectivity index (χ3n) is 3.57. The highest BCUT2D eigenvalue weighted by atomic mass is 32.2. The van der Waals surface area contributed by atoms with Gasteiger partial charge in [-0.25, -0.2) is 0 Å². The topological polar surface area (TPSA) is 58.4 Å². The fraction of sp³-hybridized carbons (Fsp3) is 0.533. The van der Waals surface area contributed by atoms with E-state index in [2.05, 4.69) is 16.3 Å². The van der Waals surface area contributed by atoms with Crippen LogP contribution in [0.4, 0.5) is 5.69 Å². The highest BCUT2D eigenvalue weighted by Gasteiger charge is 2.15. The Hall–Kier alpha value is -1.04. The fourth-order valence-corrected chi connectivity index (χ4v) is 3.12. The summed E-state index contributed by atoms with van der Waals surface area (Å²) in [6.45, 7) is 5.35. The number of amides is 1. The lowest BCUT2D eigenvalue weighted by atomic mass is 10.1. The number of nitrogens with one attached hydrogen (secondary N) is 1. The highest BCUT2D eigenvalue weighted by molar-refractivity contribution is 7.99. The number of carbonyl (C=O) groups excluding carboxylic acids is 1. The van der Waals surface area contributed by atoms with Gasteiger partial charge in [-0.3, -0.25) is 9.69 Å². The molecule has 110 valence electrons. The first kappa shape index (κ1) is 15.4. The number of para-hydroxylation sites is 1. The van der Waals surface area contributed by atoms with Crippen LogP contribution in [0.1, 0.15) is 12.5 Å². The van der Waals surface area contributed by atoms with Crippen LogP contribution in [0, 0.1) is 5.92 Å². The molecule has 1 amide bonds. The number of hydrogen-bond donors (Lipinski definition) is 2. The van der Waals surface area contributed by atoms with Gasteiger partial charge in [0.05, 0.1) is 0 Å². The summed E-state index contributed by atoms with van der Waals surface area (Å²) in [6, 6.07) is 8.04. The van der Waals surface area contributed by atoms with Crippen molar-refractivity contribution in [1.82, 2.24) is 4.90 Å². The average molecular weight is 293 g/mol. The molecule has 1 atom stereocenters. The Labute approximate surface area is 125 Å². The SMILES string of the molecule is CC(CN)C(=O)Nc1ccccc1CN1CCSCC1. The number of nitrogens with two attached hydrogens (primary N) is 1. The number of thioether (sulfide) groups is 1. The van der Waals surface area contributed by atoms with Crippen molar-refractivity contribution in [2.45, 2.75) is 13.5 Å². The molecule has 5 heteroatoms. The first-order valence-corrected chi connectivity index (χ1v) is 8.25. The third-order valence-corrected chi connectivity index (χ3v) is 4.52. The van der Waals surface area contributed by atoms with Crippen LogP contribution in [0.25, 0.3) is 0 Å². The van der Waals surface area contributed by atoms with Crippen LogP contribution in [-0.2, 0) is 11.3 Å². The standard InChI is InChI=1S/C15H23N3OS/c1-12(10-16)15(19)17-14-5-3-2-4-13(14)11-18-6-8-20-9-7-18/h2-5,12H,6-11,16H2,1H3,(H,17,19). The summed E-state index contributed by atoms with van der Waals surface area (Å²) in [7, 11) is 0. The van der Waals surface area contributed by atoms with Crippen molar-refractivity contribution in [2.75, 3.05) is 36.5 Å². The fourth-order valence-electron chi connectivity index (χ4n) is 2.14. The summed E-state index contributed by atoms with van der Waals surface area (Å²) in [4.78, 5) is 14.4. The average Bonchev–Trinajstić information content (AvgIpc) is 2.49. The van der Waals surface area contributed by atoms with E-state index >= 15 is 0 Å². The van der Waals surface area contributed by atoms with Gasteiger partial charge in [0.1, 0.15) is 0 Å². The maximum Gasteiger partial charge on any atom is 0.228 e. The van der Waals surface area contributed by atoms with Gasteiger partial charge in [0.2, 0.25) is 5.91 Å². The molecular weight excluding hydrogens is 270 g/mol. The minimum atomic E-state index is -0.158. The number of nitrogens with zero attached hydrogens (tertiary/aromatic N) is 1. The van der Waals surface area contributed by atoms with Crippen molar-refractivity contribution in [1.29, 1.82) is 0 Å². The number of anilines is 1. The van der Waals surface area contributed by atoms with Crippen molar-refractivity contribution in [2.24, 2.45) is 11.7 Å². The molecule has 1 saturated heterocycles. The summed E-state index contributed by atoms with van der Waals surface area (Å²) < 4.78 is 0. The molecule has 1 unspecified atom stereocenters. The molecule has 3 N–H and O–H groups in total. The van der Waals surface area contributed by atoms with E-state index < -0.39 is 0 Å². The molecule has 1 fully saturated rings. The Bertz CT molecular complexity index is 446. The number of carbonyl (C=O) groups is 1. The van der Waals surface area contributed by atoms with Gasteiger partial charge in [-0.15, -0.1) is 0 Å². The van der Waals surface area contributed by atoms with Crippen LogP contribution in [0.15, 0.2) is 24.3 Å². The van der Waals surface area contributed by atoms with E-state index in [1.807, 2.05) is 36.9 Å². The van der Waals surface area contributed by atoms with E-state index in [0.29, 0.717) is 6.54 Å². The maximum absolute atomic E-state index is 12.0. The van der Waals surface area contributed by atoms with Gasteiger partial charge < -0.3 is 11.1 Å². The van der Waals surface area contributed by atoms with Gasteiger partial charge in [0.25, 0.3) is 0 Å². The Morgan fingerprint density at radius 1 is 1.40 bits per heavy atom. The number of rotatable bonds is 5. The second-order valence-corrected chi connectivity index (χ2v) is 6.40. The Morgan fingerprint density at radius 3 is 2.80 bits per heavy atom. The van der Waals surface area contributed by atoms with E-state index in [0.717, 1.165) is 25.3 Å². The molecular formula is C15H23N3OS. The minimum Gasteiger partial charge on any atom is -0.330 e. The van der Waals surface area contributed by atoms with Crippen LogP contribution in [-0.4, -0.2) is 41.9 Å². The molecule has 1 aromatic rings. The molecule has 0 saturated carbocycles. The van der Waals surface area contributed by atoms with Crippen molar-refractivity contribution in [3.05, 3.63) is 29.8 Å². The third kappa shape index (κ3) is 4.23. The maximum atomic E-state index is 12.0.